The third-order valence-electron chi connectivity index (χ3n) is 4.26. The predicted molar refractivity (Wildman–Crippen MR) is 87.9 cm³/mol. The van der Waals surface area contributed by atoms with Gasteiger partial charge in [0.2, 0.25) is 0 Å². The number of aryl methyl sites for hydroxylation is 1. The van der Waals surface area contributed by atoms with Crippen LogP contribution in [0.1, 0.15) is 57.6 Å². The molecule has 0 spiro atoms. The molecule has 112 valence electrons. The van der Waals surface area contributed by atoms with Gasteiger partial charge in [-0.1, -0.05) is 45.0 Å². The van der Waals surface area contributed by atoms with Crippen molar-refractivity contribution in [3.63, 3.8) is 0 Å². The third-order valence-corrected chi connectivity index (χ3v) is 4.26. The number of hydrogen-bond acceptors (Lipinski definition) is 1. The van der Waals surface area contributed by atoms with Crippen LogP contribution in [0.2, 0.25) is 0 Å². The highest BCUT2D eigenvalue weighted by atomic mass is 15.1. The number of rotatable bonds is 9. The highest BCUT2D eigenvalue weighted by Gasteiger charge is 2.24. The standard InChI is InChI=1S/C19H31N/c1-4-13-20(14-17-10-11-17)15-19-8-6-5-7-18(19)12-9-16(2)3/h5-8,16-17H,4,9-15H2,1-3H3. The summed E-state index contributed by atoms with van der Waals surface area (Å²) in [5.74, 6) is 1.78. The van der Waals surface area contributed by atoms with E-state index in [4.69, 9.17) is 0 Å². The van der Waals surface area contributed by atoms with E-state index in [9.17, 15) is 0 Å². The minimum atomic E-state index is 0.793. The summed E-state index contributed by atoms with van der Waals surface area (Å²) in [5, 5.41) is 0. The number of nitrogens with zero attached hydrogens (tertiary/aromatic N) is 1. The van der Waals surface area contributed by atoms with Crippen LogP contribution < -0.4 is 0 Å². The van der Waals surface area contributed by atoms with Crippen molar-refractivity contribution >= 4 is 0 Å². The second-order valence-electron chi connectivity index (χ2n) is 6.88. The summed E-state index contributed by atoms with van der Waals surface area (Å²) in [6.07, 6.45) is 6.70. The maximum atomic E-state index is 2.67. The summed E-state index contributed by atoms with van der Waals surface area (Å²) >= 11 is 0. The third kappa shape index (κ3) is 5.28. The van der Waals surface area contributed by atoms with Crippen molar-refractivity contribution in [1.29, 1.82) is 0 Å². The minimum Gasteiger partial charge on any atom is -0.299 e. The van der Waals surface area contributed by atoms with E-state index in [1.165, 1.54) is 45.2 Å². The zero-order chi connectivity index (χ0) is 14.4. The number of hydrogen-bond donors (Lipinski definition) is 0. The Morgan fingerprint density at radius 3 is 2.45 bits per heavy atom. The summed E-state index contributed by atoms with van der Waals surface area (Å²) in [6, 6.07) is 9.07. The van der Waals surface area contributed by atoms with Gasteiger partial charge in [0.15, 0.2) is 0 Å². The lowest BCUT2D eigenvalue weighted by atomic mass is 9.98. The highest BCUT2D eigenvalue weighted by molar-refractivity contribution is 5.27. The lowest BCUT2D eigenvalue weighted by Crippen LogP contribution is -2.27. The summed E-state index contributed by atoms with van der Waals surface area (Å²) < 4.78 is 0. The van der Waals surface area contributed by atoms with Crippen molar-refractivity contribution in [3.8, 4) is 0 Å². The van der Waals surface area contributed by atoms with Crippen LogP contribution in [0.4, 0.5) is 0 Å². The molecule has 1 aliphatic carbocycles. The van der Waals surface area contributed by atoms with Crippen LogP contribution in [0.25, 0.3) is 0 Å². The average molecular weight is 273 g/mol. The molecule has 2 rings (SSSR count). The van der Waals surface area contributed by atoms with Gasteiger partial charge in [0.25, 0.3) is 0 Å². The Bertz CT molecular complexity index is 393. The van der Waals surface area contributed by atoms with Gasteiger partial charge in [0.05, 0.1) is 0 Å². The number of benzene rings is 1. The Kier molecular flexibility index (Phi) is 6.09. The van der Waals surface area contributed by atoms with Crippen LogP contribution in [0, 0.1) is 11.8 Å². The molecule has 0 radical (unpaired) electrons. The SMILES string of the molecule is CCCN(Cc1ccccc1CCC(C)C)CC1CC1. The molecular weight excluding hydrogens is 242 g/mol. The molecular formula is C19H31N. The molecule has 0 bridgehead atoms. The van der Waals surface area contributed by atoms with Crippen molar-refractivity contribution in [2.24, 2.45) is 11.8 Å². The van der Waals surface area contributed by atoms with Gasteiger partial charge < -0.3 is 0 Å². The Hall–Kier alpha value is -0.820. The lowest BCUT2D eigenvalue weighted by Gasteiger charge is -2.23. The monoisotopic (exact) mass is 273 g/mol. The summed E-state index contributed by atoms with van der Waals surface area (Å²) in [4.78, 5) is 2.67. The van der Waals surface area contributed by atoms with E-state index in [-0.39, 0.29) is 0 Å². The second-order valence-corrected chi connectivity index (χ2v) is 6.88. The fourth-order valence-electron chi connectivity index (χ4n) is 2.86. The van der Waals surface area contributed by atoms with E-state index in [1.807, 2.05) is 0 Å². The van der Waals surface area contributed by atoms with Gasteiger partial charge >= 0.3 is 0 Å². The first kappa shape index (κ1) is 15.6. The van der Waals surface area contributed by atoms with E-state index < -0.39 is 0 Å². The van der Waals surface area contributed by atoms with Gasteiger partial charge in [-0.15, -0.1) is 0 Å². The smallest absolute Gasteiger partial charge is 0.0236 e. The topological polar surface area (TPSA) is 3.24 Å². The van der Waals surface area contributed by atoms with Gasteiger partial charge in [0.1, 0.15) is 0 Å². The Morgan fingerprint density at radius 1 is 1.15 bits per heavy atom. The molecule has 0 amide bonds. The molecule has 1 fully saturated rings. The zero-order valence-electron chi connectivity index (χ0n) is 13.6. The fourth-order valence-corrected chi connectivity index (χ4v) is 2.86. The molecule has 0 aromatic heterocycles. The van der Waals surface area contributed by atoms with E-state index in [2.05, 4.69) is 49.9 Å². The molecule has 0 atom stereocenters. The molecule has 0 heterocycles. The van der Waals surface area contributed by atoms with Crippen molar-refractivity contribution in [2.45, 2.75) is 59.4 Å². The molecule has 1 aromatic carbocycles. The van der Waals surface area contributed by atoms with Gasteiger partial charge in [-0.2, -0.15) is 0 Å². The molecule has 1 heteroatoms. The quantitative estimate of drug-likeness (QED) is 0.618. The predicted octanol–water partition coefficient (Wildman–Crippen LogP) is 4.90. The minimum absolute atomic E-state index is 0.793. The van der Waals surface area contributed by atoms with Gasteiger partial charge in [-0.25, -0.2) is 0 Å². The van der Waals surface area contributed by atoms with E-state index >= 15 is 0 Å². The molecule has 0 saturated heterocycles. The van der Waals surface area contributed by atoms with Gasteiger partial charge in [0, 0.05) is 13.1 Å². The zero-order valence-corrected chi connectivity index (χ0v) is 13.6. The Balaban J connectivity index is 1.97. The van der Waals surface area contributed by atoms with Gasteiger partial charge in [-0.3, -0.25) is 4.90 Å². The summed E-state index contributed by atoms with van der Waals surface area (Å²) in [6.45, 7) is 10.6. The maximum absolute atomic E-state index is 2.67. The summed E-state index contributed by atoms with van der Waals surface area (Å²) in [7, 11) is 0. The first-order valence-corrected chi connectivity index (χ1v) is 8.48. The van der Waals surface area contributed by atoms with Crippen LogP contribution in [-0.2, 0) is 13.0 Å². The molecule has 1 nitrogen and oxygen atoms in total. The van der Waals surface area contributed by atoms with Crippen LogP contribution in [0.3, 0.4) is 0 Å². The van der Waals surface area contributed by atoms with E-state index in [1.54, 1.807) is 11.1 Å². The molecule has 1 aliphatic rings. The Labute approximate surface area is 125 Å². The Morgan fingerprint density at radius 2 is 1.85 bits per heavy atom. The molecule has 0 aliphatic heterocycles. The second kappa shape index (κ2) is 7.83. The first-order chi connectivity index (χ1) is 9.69. The van der Waals surface area contributed by atoms with E-state index in [0.29, 0.717) is 0 Å². The first-order valence-electron chi connectivity index (χ1n) is 8.48. The molecule has 1 saturated carbocycles. The van der Waals surface area contributed by atoms with Crippen molar-refractivity contribution in [2.75, 3.05) is 13.1 Å². The maximum Gasteiger partial charge on any atom is 0.0236 e. The van der Waals surface area contributed by atoms with E-state index in [0.717, 1.165) is 18.4 Å². The van der Waals surface area contributed by atoms with Gasteiger partial charge in [-0.05, 0) is 61.6 Å². The average Bonchev–Trinajstić information content (AvgIpc) is 3.22. The normalized spacial score (nSPS) is 15.2. The fraction of sp³-hybridized carbons (Fsp3) is 0.684. The molecule has 0 N–H and O–H groups in total. The van der Waals surface area contributed by atoms with Crippen LogP contribution in [0.5, 0.6) is 0 Å². The van der Waals surface area contributed by atoms with Crippen molar-refractivity contribution in [1.82, 2.24) is 4.90 Å². The van der Waals surface area contributed by atoms with Crippen molar-refractivity contribution < 1.29 is 0 Å². The van der Waals surface area contributed by atoms with Crippen LogP contribution in [0.15, 0.2) is 24.3 Å². The lowest BCUT2D eigenvalue weighted by molar-refractivity contribution is 0.254. The van der Waals surface area contributed by atoms with Crippen LogP contribution in [-0.4, -0.2) is 18.0 Å². The summed E-state index contributed by atoms with van der Waals surface area (Å²) in [5.41, 5.74) is 3.13. The van der Waals surface area contributed by atoms with Crippen LogP contribution >= 0.6 is 0 Å². The highest BCUT2D eigenvalue weighted by Crippen LogP contribution is 2.30. The van der Waals surface area contributed by atoms with Crippen molar-refractivity contribution in [3.05, 3.63) is 35.4 Å². The molecule has 0 unspecified atom stereocenters. The molecule has 1 aromatic rings. The molecule has 20 heavy (non-hydrogen) atoms. The largest absolute Gasteiger partial charge is 0.299 e.